The van der Waals surface area contributed by atoms with Gasteiger partial charge in [-0.1, -0.05) is 40.9 Å². The minimum absolute atomic E-state index is 0.00776. The average molecular weight is 538 g/mol. The smallest absolute Gasteiger partial charge is 0.320 e. The molecule has 4 atom stereocenters. The predicted octanol–water partition coefficient (Wildman–Crippen LogP) is 4.95. The van der Waals surface area contributed by atoms with Crippen LogP contribution in [0.1, 0.15) is 31.2 Å². The van der Waals surface area contributed by atoms with Crippen LogP contribution in [0.3, 0.4) is 0 Å². The number of piperazine rings is 1. The van der Waals surface area contributed by atoms with Crippen LogP contribution in [0.4, 0.5) is 4.79 Å². The van der Waals surface area contributed by atoms with Crippen molar-refractivity contribution in [3.05, 3.63) is 57.2 Å². The Hall–Kier alpha value is -2.22. The number of hydrogen-bond acceptors (Lipinski definition) is 4. The highest BCUT2D eigenvalue weighted by Crippen LogP contribution is 2.39. The summed E-state index contributed by atoms with van der Waals surface area (Å²) in [5.41, 5.74) is 1.02. The van der Waals surface area contributed by atoms with E-state index >= 15 is 0 Å². The highest BCUT2D eigenvalue weighted by molar-refractivity contribution is 6.42. The summed E-state index contributed by atoms with van der Waals surface area (Å²) in [6.07, 6.45) is 2.73. The van der Waals surface area contributed by atoms with E-state index in [-0.39, 0.29) is 35.9 Å². The van der Waals surface area contributed by atoms with Gasteiger partial charge in [0, 0.05) is 69.3 Å². The number of carbonyl (C=O) groups is 2. The number of hydrogen-bond donors (Lipinski definition) is 0. The molecule has 10 heteroatoms. The molecule has 1 aromatic carbocycles. The molecule has 0 saturated carbocycles. The lowest BCUT2D eigenvalue weighted by Crippen LogP contribution is -2.56. The Labute approximate surface area is 219 Å². The minimum Gasteiger partial charge on any atom is -0.474 e. The fourth-order valence-electron chi connectivity index (χ4n) is 5.50. The number of benzene rings is 1. The molecule has 0 N–H and O–H groups in total. The van der Waals surface area contributed by atoms with E-state index in [1.54, 1.807) is 24.4 Å². The fourth-order valence-corrected chi connectivity index (χ4v) is 5.92. The summed E-state index contributed by atoms with van der Waals surface area (Å²) >= 11 is 18.5. The van der Waals surface area contributed by atoms with Crippen molar-refractivity contribution in [1.29, 1.82) is 0 Å². The largest absolute Gasteiger partial charge is 0.474 e. The number of rotatable bonds is 4. The normalized spacial score (nSPS) is 25.1. The van der Waals surface area contributed by atoms with Crippen molar-refractivity contribution in [2.45, 2.75) is 37.8 Å². The SMILES string of the molecule is C[C@@H](Oc1ccc(Cl)cn1)[C@@H]1CN(C(=O)N2CCN3C(=O)CCC3C2)C[C@@H]1c1ccc(Cl)c(Cl)c1. The van der Waals surface area contributed by atoms with E-state index in [4.69, 9.17) is 39.5 Å². The van der Waals surface area contributed by atoms with E-state index in [2.05, 4.69) is 4.98 Å². The third-order valence-corrected chi connectivity index (χ3v) is 8.34. The molecular weight excluding hydrogens is 511 g/mol. The molecule has 7 nitrogen and oxygen atoms in total. The van der Waals surface area contributed by atoms with Crippen LogP contribution in [-0.2, 0) is 4.79 Å². The van der Waals surface area contributed by atoms with Crippen molar-refractivity contribution < 1.29 is 14.3 Å². The van der Waals surface area contributed by atoms with Crippen molar-refractivity contribution in [2.75, 3.05) is 32.7 Å². The second-order valence-electron chi connectivity index (χ2n) is 9.49. The molecule has 0 spiro atoms. The van der Waals surface area contributed by atoms with E-state index < -0.39 is 0 Å². The fraction of sp³-hybridized carbons (Fsp3) is 0.480. The third-order valence-electron chi connectivity index (χ3n) is 7.38. The van der Waals surface area contributed by atoms with Crippen molar-refractivity contribution >= 4 is 46.7 Å². The lowest BCUT2D eigenvalue weighted by Gasteiger charge is -2.39. The van der Waals surface area contributed by atoms with Crippen molar-refractivity contribution in [3.63, 3.8) is 0 Å². The van der Waals surface area contributed by atoms with Crippen LogP contribution in [0.15, 0.2) is 36.5 Å². The van der Waals surface area contributed by atoms with E-state index in [0.29, 0.717) is 60.1 Å². The minimum atomic E-state index is -0.217. The molecule has 3 fully saturated rings. The van der Waals surface area contributed by atoms with Gasteiger partial charge in [0.25, 0.3) is 0 Å². The molecule has 3 saturated heterocycles. The van der Waals surface area contributed by atoms with Gasteiger partial charge in [-0.05, 0) is 37.1 Å². The first-order valence-electron chi connectivity index (χ1n) is 11.9. The number of carbonyl (C=O) groups excluding carboxylic acids is 2. The van der Waals surface area contributed by atoms with Gasteiger partial charge in [-0.15, -0.1) is 0 Å². The lowest BCUT2D eigenvalue weighted by atomic mass is 9.86. The van der Waals surface area contributed by atoms with Crippen molar-refractivity contribution in [1.82, 2.24) is 19.7 Å². The van der Waals surface area contributed by atoms with Gasteiger partial charge in [-0.25, -0.2) is 9.78 Å². The Morgan fingerprint density at radius 1 is 1.06 bits per heavy atom. The van der Waals surface area contributed by atoms with Gasteiger partial charge in [0.1, 0.15) is 6.10 Å². The summed E-state index contributed by atoms with van der Waals surface area (Å²) in [6.45, 7) is 4.84. The van der Waals surface area contributed by atoms with Crippen LogP contribution >= 0.6 is 34.8 Å². The van der Waals surface area contributed by atoms with Gasteiger partial charge in [-0.2, -0.15) is 0 Å². The summed E-state index contributed by atoms with van der Waals surface area (Å²) in [5, 5.41) is 1.53. The zero-order chi connectivity index (χ0) is 24.7. The number of amides is 3. The molecular formula is C25H27Cl3N4O3. The van der Waals surface area contributed by atoms with E-state index in [9.17, 15) is 9.59 Å². The first-order chi connectivity index (χ1) is 16.8. The van der Waals surface area contributed by atoms with Crippen LogP contribution in [0, 0.1) is 5.92 Å². The summed E-state index contributed by atoms with van der Waals surface area (Å²) in [5.74, 6) is 0.722. The maximum Gasteiger partial charge on any atom is 0.320 e. The summed E-state index contributed by atoms with van der Waals surface area (Å²) < 4.78 is 6.18. The van der Waals surface area contributed by atoms with Crippen molar-refractivity contribution in [3.8, 4) is 5.88 Å². The molecule has 3 aliphatic rings. The number of halogens is 3. The van der Waals surface area contributed by atoms with Gasteiger partial charge in [-0.3, -0.25) is 4.79 Å². The molecule has 2 aromatic rings. The molecule has 4 heterocycles. The number of nitrogens with zero attached hydrogens (tertiary/aromatic N) is 4. The van der Waals surface area contributed by atoms with Gasteiger partial charge in [0.2, 0.25) is 11.8 Å². The second kappa shape index (κ2) is 10.0. The number of likely N-dealkylation sites (tertiary alicyclic amines) is 1. The molecule has 35 heavy (non-hydrogen) atoms. The zero-order valence-electron chi connectivity index (χ0n) is 19.4. The van der Waals surface area contributed by atoms with Gasteiger partial charge in [0.15, 0.2) is 0 Å². The Kier molecular flexibility index (Phi) is 7.02. The Balaban J connectivity index is 1.35. The van der Waals surface area contributed by atoms with E-state index in [0.717, 1.165) is 12.0 Å². The molecule has 3 aliphatic heterocycles. The zero-order valence-corrected chi connectivity index (χ0v) is 21.6. The first-order valence-corrected chi connectivity index (χ1v) is 13.0. The second-order valence-corrected chi connectivity index (χ2v) is 10.7. The molecule has 186 valence electrons. The monoisotopic (exact) mass is 536 g/mol. The van der Waals surface area contributed by atoms with Crippen LogP contribution < -0.4 is 4.74 Å². The van der Waals surface area contributed by atoms with E-state index in [1.807, 2.05) is 33.8 Å². The molecule has 0 radical (unpaired) electrons. The highest BCUT2D eigenvalue weighted by Gasteiger charge is 2.43. The number of fused-ring (bicyclic) bond motifs is 1. The third kappa shape index (κ3) is 5.04. The molecule has 1 aromatic heterocycles. The maximum absolute atomic E-state index is 13.6. The predicted molar refractivity (Wildman–Crippen MR) is 135 cm³/mol. The molecule has 1 unspecified atom stereocenters. The number of aromatic nitrogens is 1. The maximum atomic E-state index is 13.6. The number of pyridine rings is 1. The van der Waals surface area contributed by atoms with Gasteiger partial charge >= 0.3 is 6.03 Å². The number of urea groups is 1. The molecule has 0 bridgehead atoms. The lowest BCUT2D eigenvalue weighted by molar-refractivity contribution is -0.130. The van der Waals surface area contributed by atoms with Gasteiger partial charge in [0.05, 0.1) is 15.1 Å². The number of ether oxygens (including phenoxy) is 1. The summed E-state index contributed by atoms with van der Waals surface area (Å²) in [7, 11) is 0. The van der Waals surface area contributed by atoms with Crippen molar-refractivity contribution in [2.24, 2.45) is 5.92 Å². The van der Waals surface area contributed by atoms with Crippen LogP contribution in [0.2, 0.25) is 15.1 Å². The van der Waals surface area contributed by atoms with Crippen LogP contribution in [-0.4, -0.2) is 76.5 Å². The van der Waals surface area contributed by atoms with Crippen LogP contribution in [0.5, 0.6) is 5.88 Å². The first kappa shape index (κ1) is 24.5. The standard InChI is InChI=1S/C25H27Cl3N4O3/c1-15(35-23-6-3-17(26)11-29-23)19-13-31(14-20(19)16-2-5-21(27)22(28)10-16)25(34)30-8-9-32-18(12-30)4-7-24(32)33/h2-3,5-6,10-11,15,18-20H,4,7-9,12-14H2,1H3/t15-,18?,19+,20-/m1/s1. The van der Waals surface area contributed by atoms with Crippen LogP contribution in [0.25, 0.3) is 0 Å². The van der Waals surface area contributed by atoms with E-state index in [1.165, 1.54) is 0 Å². The molecule has 3 amide bonds. The highest BCUT2D eigenvalue weighted by atomic mass is 35.5. The average Bonchev–Trinajstić information content (AvgIpc) is 3.46. The Morgan fingerprint density at radius 3 is 2.63 bits per heavy atom. The Morgan fingerprint density at radius 2 is 1.89 bits per heavy atom. The summed E-state index contributed by atoms with van der Waals surface area (Å²) in [6, 6.07) is 9.26. The topological polar surface area (TPSA) is 66.0 Å². The summed E-state index contributed by atoms with van der Waals surface area (Å²) in [4.78, 5) is 35.6. The quantitative estimate of drug-likeness (QED) is 0.553. The Bertz CT molecular complexity index is 1120. The molecule has 5 rings (SSSR count). The van der Waals surface area contributed by atoms with Gasteiger partial charge < -0.3 is 19.4 Å². The molecule has 0 aliphatic carbocycles.